The van der Waals surface area contributed by atoms with E-state index >= 15 is 0 Å². The van der Waals surface area contributed by atoms with Gasteiger partial charge in [-0.2, -0.15) is 5.10 Å². The molecule has 1 atom stereocenters. The summed E-state index contributed by atoms with van der Waals surface area (Å²) in [5.41, 5.74) is 2.27. The summed E-state index contributed by atoms with van der Waals surface area (Å²) in [6, 6.07) is 0.389. The Hall–Kier alpha value is -0.580. The smallest absolute Gasteiger partial charge is 0.130 e. The zero-order valence-corrected chi connectivity index (χ0v) is 13.8. The maximum Gasteiger partial charge on any atom is 0.130 e. The number of nitrogens with zero attached hydrogens (tertiary/aromatic N) is 2. The van der Waals surface area contributed by atoms with Gasteiger partial charge in [-0.05, 0) is 45.6 Å². The van der Waals surface area contributed by atoms with Crippen molar-refractivity contribution in [2.24, 2.45) is 7.05 Å². The van der Waals surface area contributed by atoms with E-state index < -0.39 is 0 Å². The van der Waals surface area contributed by atoms with Crippen LogP contribution in [0.3, 0.4) is 0 Å². The summed E-state index contributed by atoms with van der Waals surface area (Å²) in [5.74, 6) is 0. The van der Waals surface area contributed by atoms with Crippen LogP contribution < -0.4 is 5.32 Å². The molecule has 1 aromatic rings. The molecule has 2 rings (SSSR count). The lowest BCUT2D eigenvalue weighted by Gasteiger charge is -2.43. The summed E-state index contributed by atoms with van der Waals surface area (Å²) in [4.78, 5) is 0. The molecule has 1 aliphatic rings. The van der Waals surface area contributed by atoms with E-state index in [-0.39, 0.29) is 5.60 Å². The van der Waals surface area contributed by atoms with Crippen LogP contribution in [-0.4, -0.2) is 35.1 Å². The van der Waals surface area contributed by atoms with Crippen LogP contribution in [0.25, 0.3) is 0 Å². The van der Waals surface area contributed by atoms with Crippen LogP contribution >= 0.6 is 11.6 Å². The van der Waals surface area contributed by atoms with Crippen molar-refractivity contribution in [3.8, 4) is 0 Å². The monoisotopic (exact) mass is 299 g/mol. The first-order valence-corrected chi connectivity index (χ1v) is 7.85. The van der Waals surface area contributed by atoms with Crippen molar-refractivity contribution in [3.63, 3.8) is 0 Å². The summed E-state index contributed by atoms with van der Waals surface area (Å²) < 4.78 is 7.51. The van der Waals surface area contributed by atoms with E-state index in [9.17, 15) is 0 Å². The topological polar surface area (TPSA) is 39.1 Å². The van der Waals surface area contributed by atoms with Crippen LogP contribution in [-0.2, 0) is 18.2 Å². The van der Waals surface area contributed by atoms with Gasteiger partial charge in [0.15, 0.2) is 0 Å². The molecule has 0 spiro atoms. The first-order chi connectivity index (χ1) is 9.51. The van der Waals surface area contributed by atoms with Crippen molar-refractivity contribution in [1.82, 2.24) is 15.1 Å². The maximum atomic E-state index is 6.35. The molecule has 0 bridgehead atoms. The molecule has 4 nitrogen and oxygen atoms in total. The average Bonchev–Trinajstić information content (AvgIpc) is 2.60. The molecule has 0 aliphatic heterocycles. The predicted molar refractivity (Wildman–Crippen MR) is 82.3 cm³/mol. The van der Waals surface area contributed by atoms with Crippen LogP contribution in [0.2, 0.25) is 5.15 Å². The number of nitrogens with one attached hydrogen (secondary N) is 1. The van der Waals surface area contributed by atoms with E-state index in [2.05, 4.69) is 17.3 Å². The number of methoxy groups -OCH3 is 1. The van der Waals surface area contributed by atoms with E-state index in [4.69, 9.17) is 16.3 Å². The fraction of sp³-hybridized carbons (Fsp3) is 0.800. The van der Waals surface area contributed by atoms with Crippen molar-refractivity contribution < 1.29 is 4.74 Å². The molecule has 1 saturated carbocycles. The normalized spacial score (nSPS) is 18.9. The average molecular weight is 300 g/mol. The van der Waals surface area contributed by atoms with Crippen molar-refractivity contribution >= 4 is 11.6 Å². The van der Waals surface area contributed by atoms with Crippen LogP contribution in [0.1, 0.15) is 43.9 Å². The lowest BCUT2D eigenvalue weighted by molar-refractivity contribution is -0.0833. The number of rotatable bonds is 7. The summed E-state index contributed by atoms with van der Waals surface area (Å²) >= 11 is 6.35. The van der Waals surface area contributed by atoms with Gasteiger partial charge in [-0.25, -0.2) is 0 Å². The predicted octanol–water partition coefficient (Wildman–Crippen LogP) is 2.86. The molecule has 1 fully saturated rings. The Balaban J connectivity index is 2.09. The summed E-state index contributed by atoms with van der Waals surface area (Å²) in [7, 11) is 3.73. The zero-order valence-electron chi connectivity index (χ0n) is 13.0. The molecule has 114 valence electrons. The minimum atomic E-state index is 0.0788. The lowest BCUT2D eigenvalue weighted by Crippen LogP contribution is -2.46. The van der Waals surface area contributed by atoms with Gasteiger partial charge in [0, 0.05) is 25.8 Å². The van der Waals surface area contributed by atoms with Crippen LogP contribution in [0, 0.1) is 6.92 Å². The van der Waals surface area contributed by atoms with E-state index in [1.165, 1.54) is 19.3 Å². The highest BCUT2D eigenvalue weighted by Crippen LogP contribution is 2.39. The van der Waals surface area contributed by atoms with Gasteiger partial charge in [-0.3, -0.25) is 4.68 Å². The summed E-state index contributed by atoms with van der Waals surface area (Å²) in [6.07, 6.45) is 5.58. The standard InChI is InChI=1S/C15H26ClN3O/c1-5-17-12(10-15(20-4)7-6-8-15)9-13-11(2)18-19(3)14(13)16/h12,17H,5-10H2,1-4H3. The number of hydrogen-bond acceptors (Lipinski definition) is 3. The van der Waals surface area contributed by atoms with E-state index in [0.29, 0.717) is 6.04 Å². The molecule has 1 heterocycles. The quantitative estimate of drug-likeness (QED) is 0.841. The Morgan fingerprint density at radius 3 is 2.60 bits per heavy atom. The number of hydrogen-bond donors (Lipinski definition) is 1. The van der Waals surface area contributed by atoms with Crippen LogP contribution in [0.4, 0.5) is 0 Å². The first-order valence-electron chi connectivity index (χ1n) is 7.48. The molecule has 0 aromatic carbocycles. The second-order valence-electron chi connectivity index (χ2n) is 5.88. The third-order valence-corrected chi connectivity index (χ3v) is 5.00. The zero-order chi connectivity index (χ0) is 14.8. The minimum absolute atomic E-state index is 0.0788. The van der Waals surface area contributed by atoms with Gasteiger partial charge < -0.3 is 10.1 Å². The van der Waals surface area contributed by atoms with Crippen molar-refractivity contribution in [2.75, 3.05) is 13.7 Å². The summed E-state index contributed by atoms with van der Waals surface area (Å²) in [5, 5.41) is 8.73. The molecule has 1 aliphatic carbocycles. The minimum Gasteiger partial charge on any atom is -0.378 e. The fourth-order valence-corrected chi connectivity index (χ4v) is 3.42. The SMILES string of the molecule is CCNC(Cc1c(C)nn(C)c1Cl)CC1(OC)CCC1. The van der Waals surface area contributed by atoms with E-state index in [1.54, 1.807) is 4.68 Å². The van der Waals surface area contributed by atoms with E-state index in [0.717, 1.165) is 35.8 Å². The number of aromatic nitrogens is 2. The fourth-order valence-electron chi connectivity index (χ4n) is 3.17. The van der Waals surface area contributed by atoms with Gasteiger partial charge in [0.05, 0.1) is 11.3 Å². The van der Waals surface area contributed by atoms with Gasteiger partial charge in [-0.15, -0.1) is 0 Å². The number of aryl methyl sites for hydroxylation is 2. The largest absolute Gasteiger partial charge is 0.378 e. The second kappa shape index (κ2) is 6.46. The third kappa shape index (κ3) is 3.18. The Morgan fingerprint density at radius 2 is 2.20 bits per heavy atom. The van der Waals surface area contributed by atoms with Crippen molar-refractivity contribution in [2.45, 2.75) is 57.6 Å². The van der Waals surface area contributed by atoms with Gasteiger partial charge in [0.2, 0.25) is 0 Å². The molecule has 1 unspecified atom stereocenters. The lowest BCUT2D eigenvalue weighted by atomic mass is 9.75. The van der Waals surface area contributed by atoms with Crippen molar-refractivity contribution in [1.29, 1.82) is 0 Å². The van der Waals surface area contributed by atoms with Gasteiger partial charge in [0.1, 0.15) is 5.15 Å². The molecule has 1 N–H and O–H groups in total. The first kappa shape index (κ1) is 15.8. The van der Waals surface area contributed by atoms with Gasteiger partial charge in [-0.1, -0.05) is 18.5 Å². The Bertz CT molecular complexity index is 449. The number of ether oxygens (including phenoxy) is 1. The van der Waals surface area contributed by atoms with E-state index in [1.807, 2.05) is 21.1 Å². The maximum absolute atomic E-state index is 6.35. The van der Waals surface area contributed by atoms with Crippen LogP contribution in [0.15, 0.2) is 0 Å². The Morgan fingerprint density at radius 1 is 1.50 bits per heavy atom. The second-order valence-corrected chi connectivity index (χ2v) is 6.24. The molecule has 0 radical (unpaired) electrons. The molecular formula is C15H26ClN3O. The van der Waals surface area contributed by atoms with Gasteiger partial charge in [0.25, 0.3) is 0 Å². The molecule has 5 heteroatoms. The van der Waals surface area contributed by atoms with Gasteiger partial charge >= 0.3 is 0 Å². The number of likely N-dealkylation sites (N-methyl/N-ethyl adjacent to an activating group) is 1. The highest BCUT2D eigenvalue weighted by molar-refractivity contribution is 6.30. The molecule has 1 aromatic heterocycles. The highest BCUT2D eigenvalue weighted by atomic mass is 35.5. The summed E-state index contributed by atoms with van der Waals surface area (Å²) in [6.45, 7) is 5.13. The molecule has 0 saturated heterocycles. The number of halogens is 1. The molecular weight excluding hydrogens is 274 g/mol. The Kier molecular flexibility index (Phi) is 5.10. The molecule has 0 amide bonds. The Labute approximate surface area is 126 Å². The molecule has 20 heavy (non-hydrogen) atoms. The third-order valence-electron chi connectivity index (χ3n) is 4.53. The van der Waals surface area contributed by atoms with Crippen molar-refractivity contribution in [3.05, 3.63) is 16.4 Å². The van der Waals surface area contributed by atoms with Crippen LogP contribution in [0.5, 0.6) is 0 Å². The highest BCUT2D eigenvalue weighted by Gasteiger charge is 2.39.